The molecule has 1 heterocycles. The highest BCUT2D eigenvalue weighted by Crippen LogP contribution is 2.19. The van der Waals surface area contributed by atoms with E-state index in [1.807, 2.05) is 59.5 Å². The number of hydrogen-bond acceptors (Lipinski definition) is 5. The van der Waals surface area contributed by atoms with Crippen LogP contribution in [0.3, 0.4) is 0 Å². The first-order valence-corrected chi connectivity index (χ1v) is 10.7. The number of likely N-dealkylation sites (tertiary alicyclic amines) is 1. The van der Waals surface area contributed by atoms with Crippen LogP contribution >= 0.6 is 0 Å². The summed E-state index contributed by atoms with van der Waals surface area (Å²) in [6.07, 6.45) is 1.70. The summed E-state index contributed by atoms with van der Waals surface area (Å²) in [5, 5.41) is 2.93. The normalized spacial score (nSPS) is 14.0. The van der Waals surface area contributed by atoms with Gasteiger partial charge in [-0.3, -0.25) is 9.59 Å². The van der Waals surface area contributed by atoms with Crippen LogP contribution in [0.15, 0.2) is 54.6 Å². The molecule has 7 nitrogen and oxygen atoms in total. The number of methoxy groups -OCH3 is 1. The van der Waals surface area contributed by atoms with Gasteiger partial charge in [-0.2, -0.15) is 0 Å². The summed E-state index contributed by atoms with van der Waals surface area (Å²) in [4.78, 5) is 26.6. The topological polar surface area (TPSA) is 77.1 Å². The molecule has 31 heavy (non-hydrogen) atoms. The Hall–Kier alpha value is -3.22. The third-order valence-corrected chi connectivity index (χ3v) is 5.28. The van der Waals surface area contributed by atoms with Gasteiger partial charge in [0, 0.05) is 19.0 Å². The molecule has 0 unspecified atom stereocenters. The average Bonchev–Trinajstić information content (AvgIpc) is 2.83. The molecule has 1 saturated heterocycles. The maximum absolute atomic E-state index is 12.4. The van der Waals surface area contributed by atoms with Gasteiger partial charge in [0.1, 0.15) is 23.9 Å². The highest BCUT2D eigenvalue weighted by Gasteiger charge is 2.26. The van der Waals surface area contributed by atoms with E-state index in [-0.39, 0.29) is 17.7 Å². The lowest BCUT2D eigenvalue weighted by molar-refractivity contribution is -0.136. The van der Waals surface area contributed by atoms with Crippen molar-refractivity contribution in [1.82, 2.24) is 10.2 Å². The number of hydrogen-bond donors (Lipinski definition) is 1. The molecule has 1 fully saturated rings. The van der Waals surface area contributed by atoms with Crippen molar-refractivity contribution >= 4 is 11.8 Å². The predicted octanol–water partition coefficient (Wildman–Crippen LogP) is 2.90. The SMILES string of the molecule is COc1ccc(OCCNC(=O)C2CCN(C(=O)CCOc3ccccc3)CC2)cc1. The average molecular weight is 427 g/mol. The van der Waals surface area contributed by atoms with Gasteiger partial charge in [0.2, 0.25) is 11.8 Å². The molecule has 0 aliphatic carbocycles. The number of rotatable bonds is 10. The minimum atomic E-state index is -0.0643. The zero-order valence-electron chi connectivity index (χ0n) is 17.9. The quantitative estimate of drug-likeness (QED) is 0.591. The van der Waals surface area contributed by atoms with E-state index in [4.69, 9.17) is 14.2 Å². The van der Waals surface area contributed by atoms with Crippen LogP contribution in [-0.4, -0.2) is 56.7 Å². The fourth-order valence-corrected chi connectivity index (χ4v) is 3.48. The predicted molar refractivity (Wildman–Crippen MR) is 117 cm³/mol. The molecule has 0 radical (unpaired) electrons. The van der Waals surface area contributed by atoms with Crippen LogP contribution in [-0.2, 0) is 9.59 Å². The summed E-state index contributed by atoms with van der Waals surface area (Å²) in [5.74, 6) is 2.31. The highest BCUT2D eigenvalue weighted by molar-refractivity contribution is 5.80. The van der Waals surface area contributed by atoms with Gasteiger partial charge in [-0.1, -0.05) is 18.2 Å². The van der Waals surface area contributed by atoms with Crippen LogP contribution in [0.4, 0.5) is 0 Å². The van der Waals surface area contributed by atoms with Crippen molar-refractivity contribution in [2.75, 3.05) is 40.0 Å². The van der Waals surface area contributed by atoms with Gasteiger partial charge in [-0.25, -0.2) is 0 Å². The Balaban J connectivity index is 1.28. The summed E-state index contributed by atoms with van der Waals surface area (Å²) < 4.78 is 16.3. The molecule has 1 N–H and O–H groups in total. The van der Waals surface area contributed by atoms with Crippen LogP contribution in [0.5, 0.6) is 17.2 Å². The number of carbonyl (C=O) groups is 2. The molecule has 0 bridgehead atoms. The zero-order chi connectivity index (χ0) is 21.9. The lowest BCUT2D eigenvalue weighted by Crippen LogP contribution is -2.43. The lowest BCUT2D eigenvalue weighted by Gasteiger charge is -2.31. The number of nitrogens with one attached hydrogen (secondary N) is 1. The fraction of sp³-hybridized carbons (Fsp3) is 0.417. The zero-order valence-corrected chi connectivity index (χ0v) is 17.9. The first kappa shape index (κ1) is 22.5. The van der Waals surface area contributed by atoms with E-state index in [0.29, 0.717) is 52.1 Å². The monoisotopic (exact) mass is 426 g/mol. The molecule has 3 rings (SSSR count). The molecule has 2 amide bonds. The second kappa shape index (κ2) is 11.8. The Labute approximate surface area is 183 Å². The van der Waals surface area contributed by atoms with Gasteiger partial charge in [0.25, 0.3) is 0 Å². The third kappa shape index (κ3) is 7.20. The summed E-state index contributed by atoms with van der Waals surface area (Å²) in [7, 11) is 1.62. The molecular formula is C24H30N2O5. The molecule has 7 heteroatoms. The first-order valence-electron chi connectivity index (χ1n) is 10.7. The van der Waals surface area contributed by atoms with Gasteiger partial charge in [0.15, 0.2) is 0 Å². The standard InChI is InChI=1S/C24H30N2O5/c1-29-20-7-9-22(10-8-20)31-18-14-25-24(28)19-11-15-26(16-12-19)23(27)13-17-30-21-5-3-2-4-6-21/h2-10,19H,11-18H2,1H3,(H,25,28). The van der Waals surface area contributed by atoms with Crippen LogP contribution in [0.1, 0.15) is 19.3 Å². The number of amides is 2. The van der Waals surface area contributed by atoms with Crippen molar-refractivity contribution in [2.24, 2.45) is 5.92 Å². The molecule has 2 aromatic rings. The molecule has 0 saturated carbocycles. The highest BCUT2D eigenvalue weighted by atomic mass is 16.5. The minimum absolute atomic E-state index is 0.0258. The molecule has 0 spiro atoms. The van der Waals surface area contributed by atoms with Gasteiger partial charge in [-0.15, -0.1) is 0 Å². The molecule has 166 valence electrons. The number of carbonyl (C=O) groups excluding carboxylic acids is 2. The summed E-state index contributed by atoms with van der Waals surface area (Å²) >= 11 is 0. The van der Waals surface area contributed by atoms with E-state index in [2.05, 4.69) is 5.32 Å². The van der Waals surface area contributed by atoms with E-state index in [1.54, 1.807) is 7.11 Å². The number of nitrogens with zero attached hydrogens (tertiary/aromatic N) is 1. The van der Waals surface area contributed by atoms with Crippen LogP contribution < -0.4 is 19.5 Å². The Morgan fingerprint density at radius 3 is 2.19 bits per heavy atom. The van der Waals surface area contributed by atoms with Crippen molar-refractivity contribution in [3.8, 4) is 17.2 Å². The van der Waals surface area contributed by atoms with Crippen molar-refractivity contribution in [3.63, 3.8) is 0 Å². The molecule has 1 aliphatic heterocycles. The van der Waals surface area contributed by atoms with Gasteiger partial charge < -0.3 is 24.4 Å². The third-order valence-electron chi connectivity index (χ3n) is 5.28. The van der Waals surface area contributed by atoms with Crippen LogP contribution in [0.25, 0.3) is 0 Å². The van der Waals surface area contributed by atoms with Crippen molar-refractivity contribution < 1.29 is 23.8 Å². The number of para-hydroxylation sites is 1. The lowest BCUT2D eigenvalue weighted by atomic mass is 9.95. The molecule has 0 aromatic heterocycles. The maximum Gasteiger partial charge on any atom is 0.225 e. The van der Waals surface area contributed by atoms with E-state index >= 15 is 0 Å². The van der Waals surface area contributed by atoms with Crippen LogP contribution in [0.2, 0.25) is 0 Å². The maximum atomic E-state index is 12.4. The molecular weight excluding hydrogens is 396 g/mol. The molecule has 2 aromatic carbocycles. The summed E-state index contributed by atoms with van der Waals surface area (Å²) in [6.45, 7) is 2.41. The Morgan fingerprint density at radius 2 is 1.52 bits per heavy atom. The van der Waals surface area contributed by atoms with Crippen molar-refractivity contribution in [1.29, 1.82) is 0 Å². The largest absolute Gasteiger partial charge is 0.497 e. The summed E-state index contributed by atoms with van der Waals surface area (Å²) in [6, 6.07) is 16.8. The van der Waals surface area contributed by atoms with Crippen molar-refractivity contribution in [3.05, 3.63) is 54.6 Å². The minimum Gasteiger partial charge on any atom is -0.497 e. The van der Waals surface area contributed by atoms with Crippen LogP contribution in [0, 0.1) is 5.92 Å². The fourth-order valence-electron chi connectivity index (χ4n) is 3.48. The van der Waals surface area contributed by atoms with E-state index < -0.39 is 0 Å². The molecule has 0 atom stereocenters. The van der Waals surface area contributed by atoms with E-state index in [9.17, 15) is 9.59 Å². The smallest absolute Gasteiger partial charge is 0.225 e. The van der Waals surface area contributed by atoms with Gasteiger partial charge in [-0.05, 0) is 49.2 Å². The number of benzene rings is 2. The Bertz CT molecular complexity index is 818. The summed E-state index contributed by atoms with van der Waals surface area (Å²) in [5.41, 5.74) is 0. The molecule has 1 aliphatic rings. The van der Waals surface area contributed by atoms with Gasteiger partial charge >= 0.3 is 0 Å². The Kier molecular flexibility index (Phi) is 8.58. The van der Waals surface area contributed by atoms with Gasteiger partial charge in [0.05, 0.1) is 26.7 Å². The van der Waals surface area contributed by atoms with E-state index in [1.165, 1.54) is 0 Å². The first-order chi connectivity index (χ1) is 15.2. The second-order valence-electron chi connectivity index (χ2n) is 7.38. The van der Waals surface area contributed by atoms with Crippen molar-refractivity contribution in [2.45, 2.75) is 19.3 Å². The Morgan fingerprint density at radius 1 is 0.903 bits per heavy atom. The number of piperidine rings is 1. The second-order valence-corrected chi connectivity index (χ2v) is 7.38. The van der Waals surface area contributed by atoms with E-state index in [0.717, 1.165) is 17.2 Å². The number of ether oxygens (including phenoxy) is 3.